The van der Waals surface area contributed by atoms with Gasteiger partial charge in [-0.1, -0.05) is 32.9 Å². The molecule has 0 radical (unpaired) electrons. The van der Waals surface area contributed by atoms with E-state index < -0.39 is 0 Å². The Kier molecular flexibility index (Phi) is 10.2. The van der Waals surface area contributed by atoms with Gasteiger partial charge in [0.05, 0.1) is 0 Å². The van der Waals surface area contributed by atoms with Gasteiger partial charge in [-0.2, -0.15) is 0 Å². The minimum absolute atomic E-state index is 0. The molecule has 0 aliphatic heterocycles. The highest BCUT2D eigenvalue weighted by Gasteiger charge is 2.33. The highest BCUT2D eigenvalue weighted by Crippen LogP contribution is 2.28. The number of halogens is 1. The molecule has 0 amide bonds. The molecule has 1 fully saturated rings. The van der Waals surface area contributed by atoms with Crippen molar-refractivity contribution >= 4 is 29.9 Å². The molecule has 1 aromatic rings. The van der Waals surface area contributed by atoms with Crippen LogP contribution in [0.25, 0.3) is 0 Å². The van der Waals surface area contributed by atoms with Crippen LogP contribution in [0.2, 0.25) is 0 Å². The lowest BCUT2D eigenvalue weighted by molar-refractivity contribution is 0.223. The predicted octanol–water partition coefficient (Wildman–Crippen LogP) is 3.10. The highest BCUT2D eigenvalue weighted by molar-refractivity contribution is 14.0. The molecule has 0 bridgehead atoms. The summed E-state index contributed by atoms with van der Waals surface area (Å²) < 4.78 is 5.82. The summed E-state index contributed by atoms with van der Waals surface area (Å²) in [4.78, 5) is 6.63. The van der Waals surface area contributed by atoms with Crippen molar-refractivity contribution in [3.8, 4) is 5.75 Å². The lowest BCUT2D eigenvalue weighted by Crippen LogP contribution is -2.38. The lowest BCUT2D eigenvalue weighted by atomic mass is 10.2. The molecule has 1 aliphatic carbocycles. The number of aliphatic imine (C=N–C) groups is 1. The van der Waals surface area contributed by atoms with Crippen molar-refractivity contribution in [2.75, 3.05) is 33.3 Å². The monoisotopic (exact) mass is 460 g/mol. The molecule has 0 saturated heterocycles. The van der Waals surface area contributed by atoms with Gasteiger partial charge >= 0.3 is 0 Å². The van der Waals surface area contributed by atoms with Gasteiger partial charge in [0.2, 0.25) is 0 Å². The van der Waals surface area contributed by atoms with Gasteiger partial charge in [-0.15, -0.1) is 24.0 Å². The Morgan fingerprint density at radius 1 is 1.24 bits per heavy atom. The normalized spacial score (nSPS) is 19.3. The largest absolute Gasteiger partial charge is 0.492 e. The molecule has 2 atom stereocenters. The number of likely N-dealkylation sites (N-methyl/N-ethyl adjacent to an activating group) is 1. The zero-order valence-corrected chi connectivity index (χ0v) is 18.2. The zero-order valence-electron chi connectivity index (χ0n) is 15.9. The lowest BCUT2D eigenvalue weighted by Gasteiger charge is -2.18. The predicted molar refractivity (Wildman–Crippen MR) is 116 cm³/mol. The molecule has 2 unspecified atom stereocenters. The number of nitrogens with zero attached hydrogens (tertiary/aromatic N) is 2. The van der Waals surface area contributed by atoms with Crippen LogP contribution < -0.4 is 15.4 Å². The van der Waals surface area contributed by atoms with E-state index in [1.54, 1.807) is 0 Å². The van der Waals surface area contributed by atoms with E-state index in [4.69, 9.17) is 4.74 Å². The van der Waals surface area contributed by atoms with Gasteiger partial charge in [-0.25, -0.2) is 0 Å². The van der Waals surface area contributed by atoms with Gasteiger partial charge < -0.3 is 20.3 Å². The summed E-state index contributed by atoms with van der Waals surface area (Å²) in [6, 6.07) is 8.87. The second kappa shape index (κ2) is 11.6. The Morgan fingerprint density at radius 2 is 1.88 bits per heavy atom. The summed E-state index contributed by atoms with van der Waals surface area (Å²) in [5.74, 6) is 2.57. The number of nitrogens with one attached hydrogen (secondary N) is 2. The Hall–Kier alpha value is -1.02. The fraction of sp³-hybridized carbons (Fsp3) is 0.632. The molecule has 2 rings (SSSR count). The molecule has 1 saturated carbocycles. The zero-order chi connectivity index (χ0) is 17.4. The molecule has 0 heterocycles. The van der Waals surface area contributed by atoms with Crippen LogP contribution >= 0.6 is 24.0 Å². The van der Waals surface area contributed by atoms with E-state index in [-0.39, 0.29) is 24.0 Å². The van der Waals surface area contributed by atoms with Crippen molar-refractivity contribution in [3.05, 3.63) is 29.8 Å². The first-order chi connectivity index (χ1) is 11.7. The maximum atomic E-state index is 5.82. The van der Waals surface area contributed by atoms with Crippen LogP contribution in [0.15, 0.2) is 29.3 Å². The topological polar surface area (TPSA) is 48.9 Å². The summed E-state index contributed by atoms with van der Waals surface area (Å²) in [5.41, 5.74) is 1.22. The average molecular weight is 460 g/mol. The first kappa shape index (κ1) is 22.0. The van der Waals surface area contributed by atoms with E-state index in [0.29, 0.717) is 6.04 Å². The Labute approximate surface area is 169 Å². The van der Waals surface area contributed by atoms with Gasteiger partial charge in [-0.3, -0.25) is 4.99 Å². The minimum Gasteiger partial charge on any atom is -0.492 e. The second-order valence-electron chi connectivity index (χ2n) is 6.41. The van der Waals surface area contributed by atoms with Crippen molar-refractivity contribution < 1.29 is 4.74 Å². The van der Waals surface area contributed by atoms with Crippen molar-refractivity contribution in [2.45, 2.75) is 39.8 Å². The van der Waals surface area contributed by atoms with Gasteiger partial charge in [0.25, 0.3) is 0 Å². The Morgan fingerprint density at radius 3 is 2.40 bits per heavy atom. The SMILES string of the molecule is CCN(CC)CCOc1ccc(CNC(=NC)NC2CC2C)cc1.I. The number of benzene rings is 1. The van der Waals surface area contributed by atoms with Gasteiger partial charge in [0.1, 0.15) is 12.4 Å². The summed E-state index contributed by atoms with van der Waals surface area (Å²) in [6.07, 6.45) is 1.24. The molecule has 1 aromatic carbocycles. The summed E-state index contributed by atoms with van der Waals surface area (Å²) in [7, 11) is 1.81. The van der Waals surface area contributed by atoms with Crippen LogP contribution in [0.3, 0.4) is 0 Å². The van der Waals surface area contributed by atoms with E-state index in [1.165, 1.54) is 12.0 Å². The van der Waals surface area contributed by atoms with Crippen LogP contribution in [0.5, 0.6) is 5.75 Å². The molecular formula is C19H33IN4O. The fourth-order valence-corrected chi connectivity index (χ4v) is 2.62. The maximum Gasteiger partial charge on any atom is 0.191 e. The van der Waals surface area contributed by atoms with E-state index >= 15 is 0 Å². The number of rotatable bonds is 9. The molecular weight excluding hydrogens is 427 g/mol. The van der Waals surface area contributed by atoms with Crippen molar-refractivity contribution in [1.82, 2.24) is 15.5 Å². The molecule has 0 spiro atoms. The van der Waals surface area contributed by atoms with E-state index in [0.717, 1.165) is 50.4 Å². The number of hydrogen-bond donors (Lipinski definition) is 2. The Balaban J connectivity index is 0.00000312. The highest BCUT2D eigenvalue weighted by atomic mass is 127. The quantitative estimate of drug-likeness (QED) is 0.338. The third-order valence-corrected chi connectivity index (χ3v) is 4.61. The van der Waals surface area contributed by atoms with Crippen LogP contribution in [0, 0.1) is 5.92 Å². The smallest absolute Gasteiger partial charge is 0.191 e. The van der Waals surface area contributed by atoms with Crippen LogP contribution in [-0.4, -0.2) is 50.2 Å². The van der Waals surface area contributed by atoms with E-state index in [9.17, 15) is 0 Å². The maximum absolute atomic E-state index is 5.82. The molecule has 142 valence electrons. The fourth-order valence-electron chi connectivity index (χ4n) is 2.62. The van der Waals surface area contributed by atoms with Crippen LogP contribution in [0.4, 0.5) is 0 Å². The van der Waals surface area contributed by atoms with Crippen molar-refractivity contribution in [1.29, 1.82) is 0 Å². The molecule has 2 N–H and O–H groups in total. The summed E-state index contributed by atoms with van der Waals surface area (Å²) in [5, 5.41) is 6.79. The molecule has 6 heteroatoms. The molecule has 0 aromatic heterocycles. The Bertz CT molecular complexity index is 517. The first-order valence-electron chi connectivity index (χ1n) is 9.07. The van der Waals surface area contributed by atoms with Gasteiger partial charge in [-0.05, 0) is 43.1 Å². The minimum atomic E-state index is 0. The standard InChI is InChI=1S/C19H32N4O.HI/c1-5-23(6-2)11-12-24-17-9-7-16(8-10-17)14-21-19(20-4)22-18-13-15(18)3;/h7-10,15,18H,5-6,11-14H2,1-4H3,(H2,20,21,22);1H. The summed E-state index contributed by atoms with van der Waals surface area (Å²) >= 11 is 0. The van der Waals surface area contributed by atoms with Crippen molar-refractivity contribution in [2.24, 2.45) is 10.9 Å². The second-order valence-corrected chi connectivity index (χ2v) is 6.41. The van der Waals surface area contributed by atoms with Crippen molar-refractivity contribution in [3.63, 3.8) is 0 Å². The molecule has 25 heavy (non-hydrogen) atoms. The molecule has 1 aliphatic rings. The van der Waals surface area contributed by atoms with Crippen LogP contribution in [0.1, 0.15) is 32.8 Å². The first-order valence-corrected chi connectivity index (χ1v) is 9.07. The third-order valence-electron chi connectivity index (χ3n) is 4.61. The van der Waals surface area contributed by atoms with Gasteiger partial charge in [0, 0.05) is 26.2 Å². The van der Waals surface area contributed by atoms with Crippen LogP contribution in [-0.2, 0) is 6.54 Å². The number of hydrogen-bond acceptors (Lipinski definition) is 3. The number of ether oxygens (including phenoxy) is 1. The average Bonchev–Trinajstić information content (AvgIpc) is 3.31. The van der Waals surface area contributed by atoms with E-state index in [1.807, 2.05) is 19.2 Å². The summed E-state index contributed by atoms with van der Waals surface area (Å²) in [6.45, 7) is 11.2. The molecule has 5 nitrogen and oxygen atoms in total. The van der Waals surface area contributed by atoms with E-state index in [2.05, 4.69) is 53.4 Å². The number of guanidine groups is 1. The third kappa shape index (κ3) is 7.81. The van der Waals surface area contributed by atoms with Gasteiger partial charge in [0.15, 0.2) is 5.96 Å².